The molecule has 0 fully saturated rings. The van der Waals surface area contributed by atoms with Crippen LogP contribution in [0, 0.1) is 0 Å². The van der Waals surface area contributed by atoms with E-state index in [0.29, 0.717) is 19.3 Å². The van der Waals surface area contributed by atoms with Gasteiger partial charge in [-0.25, -0.2) is 0 Å². The standard InChI is InChI=1S/C65H120O6/c1-4-7-10-13-16-19-22-25-28-31-33-35-37-40-43-46-49-52-55-58-64(67)70-61-62(60-69-63(66)57-54-51-48-45-42-39-36-30-27-24-21-18-15-12-9-6-3)71-65(68)59-56-53-50-47-44-41-38-34-32-29-26-23-20-17-14-11-8-5-2/h21,24,29-30,32,36,62H,4-20,22-23,25-28,31,33-35,37-61H2,1-3H3/b24-21-,32-29-,36-30-. The van der Waals surface area contributed by atoms with Crippen LogP contribution in [0.2, 0.25) is 0 Å². The zero-order valence-corrected chi connectivity index (χ0v) is 47.8. The molecule has 0 amide bonds. The Kier molecular flexibility index (Phi) is 58.2. The number of ether oxygens (including phenoxy) is 3. The third-order valence-electron chi connectivity index (χ3n) is 14.1. The van der Waals surface area contributed by atoms with Crippen LogP contribution in [0.1, 0.15) is 342 Å². The topological polar surface area (TPSA) is 78.9 Å². The van der Waals surface area contributed by atoms with Gasteiger partial charge in [0.05, 0.1) is 0 Å². The molecule has 6 nitrogen and oxygen atoms in total. The molecule has 0 heterocycles. The van der Waals surface area contributed by atoms with Crippen LogP contribution in [-0.4, -0.2) is 37.2 Å². The molecular weight excluding hydrogens is 877 g/mol. The monoisotopic (exact) mass is 997 g/mol. The lowest BCUT2D eigenvalue weighted by atomic mass is 10.0. The fraction of sp³-hybridized carbons (Fsp3) is 0.862. The number of allylic oxidation sites excluding steroid dienone is 6. The van der Waals surface area contributed by atoms with E-state index in [4.69, 9.17) is 14.2 Å². The van der Waals surface area contributed by atoms with Crippen LogP contribution in [0.25, 0.3) is 0 Å². The van der Waals surface area contributed by atoms with Gasteiger partial charge in [0.15, 0.2) is 6.10 Å². The molecule has 0 aliphatic carbocycles. The van der Waals surface area contributed by atoms with E-state index in [0.717, 1.165) is 77.0 Å². The summed E-state index contributed by atoms with van der Waals surface area (Å²) in [6.07, 6.45) is 72.8. The van der Waals surface area contributed by atoms with Crippen LogP contribution in [0.4, 0.5) is 0 Å². The van der Waals surface area contributed by atoms with Gasteiger partial charge in [-0.2, -0.15) is 0 Å². The van der Waals surface area contributed by atoms with Crippen molar-refractivity contribution >= 4 is 17.9 Å². The van der Waals surface area contributed by atoms with E-state index in [1.165, 1.54) is 225 Å². The Balaban J connectivity index is 4.35. The minimum Gasteiger partial charge on any atom is -0.462 e. The number of unbranched alkanes of at least 4 members (excludes halogenated alkanes) is 41. The van der Waals surface area contributed by atoms with Crippen molar-refractivity contribution in [3.8, 4) is 0 Å². The molecule has 0 spiro atoms. The maximum absolute atomic E-state index is 12.9. The van der Waals surface area contributed by atoms with Gasteiger partial charge in [-0.3, -0.25) is 14.4 Å². The first-order valence-electron chi connectivity index (χ1n) is 31.5. The maximum atomic E-state index is 12.9. The van der Waals surface area contributed by atoms with Crippen LogP contribution in [-0.2, 0) is 28.6 Å². The first-order chi connectivity index (χ1) is 35.0. The summed E-state index contributed by atoms with van der Waals surface area (Å²) in [5, 5.41) is 0. The van der Waals surface area contributed by atoms with Gasteiger partial charge in [0.25, 0.3) is 0 Å². The number of rotatable bonds is 58. The first kappa shape index (κ1) is 68.6. The van der Waals surface area contributed by atoms with E-state index in [2.05, 4.69) is 57.2 Å². The Morgan fingerprint density at radius 2 is 0.507 bits per heavy atom. The van der Waals surface area contributed by atoms with Crippen LogP contribution in [0.3, 0.4) is 0 Å². The Morgan fingerprint density at radius 3 is 0.803 bits per heavy atom. The molecule has 1 unspecified atom stereocenters. The maximum Gasteiger partial charge on any atom is 0.306 e. The molecule has 0 rings (SSSR count). The number of esters is 3. The number of hydrogen-bond donors (Lipinski definition) is 0. The van der Waals surface area contributed by atoms with Gasteiger partial charge in [-0.05, 0) is 77.0 Å². The molecule has 0 aromatic carbocycles. The van der Waals surface area contributed by atoms with Gasteiger partial charge < -0.3 is 14.2 Å². The second kappa shape index (κ2) is 60.2. The van der Waals surface area contributed by atoms with Gasteiger partial charge in [-0.15, -0.1) is 0 Å². The molecule has 0 saturated heterocycles. The molecule has 0 radical (unpaired) electrons. The average Bonchev–Trinajstić information content (AvgIpc) is 3.37. The van der Waals surface area contributed by atoms with Crippen molar-refractivity contribution in [3.63, 3.8) is 0 Å². The normalized spacial score (nSPS) is 12.2. The summed E-state index contributed by atoms with van der Waals surface area (Å²) < 4.78 is 16.9. The van der Waals surface area contributed by atoms with Crippen molar-refractivity contribution in [2.45, 2.75) is 348 Å². The average molecular weight is 998 g/mol. The highest BCUT2D eigenvalue weighted by molar-refractivity contribution is 5.71. The molecule has 1 atom stereocenters. The first-order valence-corrected chi connectivity index (χ1v) is 31.5. The van der Waals surface area contributed by atoms with E-state index in [9.17, 15) is 14.4 Å². The number of carbonyl (C=O) groups excluding carboxylic acids is 3. The number of carbonyl (C=O) groups is 3. The van der Waals surface area contributed by atoms with Crippen LogP contribution < -0.4 is 0 Å². The lowest BCUT2D eigenvalue weighted by Crippen LogP contribution is -2.30. The Hall–Kier alpha value is -2.37. The molecule has 0 aromatic heterocycles. The predicted molar refractivity (Wildman–Crippen MR) is 307 cm³/mol. The SMILES string of the molecule is CCCCCC/C=C\C/C=C\CCCCCCCC(=O)OCC(COC(=O)CCCCCCCCCCCCCCCCCCCCC)OC(=O)CCCCCCCCC/C=C\CCCCCCCCC. The zero-order valence-electron chi connectivity index (χ0n) is 47.8. The lowest BCUT2D eigenvalue weighted by molar-refractivity contribution is -0.167. The zero-order chi connectivity index (χ0) is 51.4. The minimum atomic E-state index is -0.778. The van der Waals surface area contributed by atoms with Crippen LogP contribution >= 0.6 is 0 Å². The van der Waals surface area contributed by atoms with E-state index < -0.39 is 6.10 Å². The van der Waals surface area contributed by atoms with Crippen molar-refractivity contribution in [1.29, 1.82) is 0 Å². The molecule has 0 aromatic rings. The summed E-state index contributed by atoms with van der Waals surface area (Å²) in [4.78, 5) is 38.3. The largest absolute Gasteiger partial charge is 0.462 e. The van der Waals surface area contributed by atoms with Gasteiger partial charge >= 0.3 is 17.9 Å². The molecule has 416 valence electrons. The Labute approximate surface area is 442 Å². The van der Waals surface area contributed by atoms with Crippen LogP contribution in [0.15, 0.2) is 36.5 Å². The van der Waals surface area contributed by atoms with Crippen molar-refractivity contribution in [2.24, 2.45) is 0 Å². The summed E-state index contributed by atoms with van der Waals surface area (Å²) in [5.41, 5.74) is 0. The van der Waals surface area contributed by atoms with E-state index in [1.54, 1.807) is 0 Å². The van der Waals surface area contributed by atoms with Crippen molar-refractivity contribution < 1.29 is 28.6 Å². The van der Waals surface area contributed by atoms with E-state index >= 15 is 0 Å². The summed E-state index contributed by atoms with van der Waals surface area (Å²) in [5.74, 6) is -0.870. The van der Waals surface area contributed by atoms with Crippen molar-refractivity contribution in [3.05, 3.63) is 36.5 Å². The highest BCUT2D eigenvalue weighted by Crippen LogP contribution is 2.17. The molecule has 0 bridgehead atoms. The third kappa shape index (κ3) is 58.4. The third-order valence-corrected chi connectivity index (χ3v) is 14.1. The summed E-state index contributed by atoms with van der Waals surface area (Å²) >= 11 is 0. The molecule has 71 heavy (non-hydrogen) atoms. The smallest absolute Gasteiger partial charge is 0.306 e. The van der Waals surface area contributed by atoms with E-state index in [1.807, 2.05) is 0 Å². The minimum absolute atomic E-state index is 0.0743. The summed E-state index contributed by atoms with van der Waals surface area (Å²) in [6, 6.07) is 0. The molecular formula is C65H120O6. The molecule has 0 N–H and O–H groups in total. The van der Waals surface area contributed by atoms with Gasteiger partial charge in [-0.1, -0.05) is 282 Å². The van der Waals surface area contributed by atoms with Gasteiger partial charge in [0.2, 0.25) is 0 Å². The summed E-state index contributed by atoms with van der Waals surface area (Å²) in [6.45, 7) is 6.66. The fourth-order valence-electron chi connectivity index (χ4n) is 9.35. The highest BCUT2D eigenvalue weighted by Gasteiger charge is 2.19. The molecule has 0 aliphatic rings. The highest BCUT2D eigenvalue weighted by atomic mass is 16.6. The Morgan fingerprint density at radius 1 is 0.282 bits per heavy atom. The fourth-order valence-corrected chi connectivity index (χ4v) is 9.35. The van der Waals surface area contributed by atoms with Gasteiger partial charge in [0.1, 0.15) is 13.2 Å². The van der Waals surface area contributed by atoms with Crippen molar-refractivity contribution in [2.75, 3.05) is 13.2 Å². The van der Waals surface area contributed by atoms with Crippen LogP contribution in [0.5, 0.6) is 0 Å². The number of hydrogen-bond acceptors (Lipinski definition) is 6. The molecule has 0 saturated carbocycles. The second-order valence-corrected chi connectivity index (χ2v) is 21.3. The molecule has 0 aliphatic heterocycles. The predicted octanol–water partition coefficient (Wildman–Crippen LogP) is 21.2. The summed E-state index contributed by atoms with van der Waals surface area (Å²) in [7, 11) is 0. The molecule has 6 heteroatoms. The second-order valence-electron chi connectivity index (χ2n) is 21.3. The quantitative estimate of drug-likeness (QED) is 0.0261. The Bertz CT molecular complexity index is 1190. The van der Waals surface area contributed by atoms with Crippen molar-refractivity contribution in [1.82, 2.24) is 0 Å². The van der Waals surface area contributed by atoms with Gasteiger partial charge in [0, 0.05) is 19.3 Å². The lowest BCUT2D eigenvalue weighted by Gasteiger charge is -2.18. The van der Waals surface area contributed by atoms with E-state index in [-0.39, 0.29) is 31.1 Å².